The molecule has 6 aromatic carbocycles. The van der Waals surface area contributed by atoms with Crippen LogP contribution in [-0.4, -0.2) is 14.9 Å². The molecule has 2 N–H and O–H groups in total. The van der Waals surface area contributed by atoms with Gasteiger partial charge in [0.2, 0.25) is 0 Å². The summed E-state index contributed by atoms with van der Waals surface area (Å²) in [6.07, 6.45) is 0. The molecule has 212 valence electrons. The lowest BCUT2D eigenvalue weighted by Gasteiger charge is -2.39. The molecule has 0 bridgehead atoms. The number of carbonyl (C=O) groups excluding carboxylic acids is 1. The lowest BCUT2D eigenvalue weighted by Crippen LogP contribution is -2.18. The predicted molar refractivity (Wildman–Crippen MR) is 181 cm³/mol. The Morgan fingerprint density at radius 1 is 0.455 bits per heavy atom. The van der Waals surface area contributed by atoms with Crippen molar-refractivity contribution in [2.45, 2.75) is 9.79 Å². The van der Waals surface area contributed by atoms with E-state index in [1.807, 2.05) is 103 Å². The molecule has 0 spiro atoms. The van der Waals surface area contributed by atoms with Gasteiger partial charge in [0.1, 0.15) is 0 Å². The zero-order chi connectivity index (χ0) is 30.0. The minimum absolute atomic E-state index is 0.0426. The van der Waals surface area contributed by atoms with Gasteiger partial charge >= 0.3 is 0 Å². The third kappa shape index (κ3) is 4.23. The molecule has 1 aliphatic rings. The van der Waals surface area contributed by atoms with Crippen LogP contribution < -0.4 is 5.43 Å². The minimum Gasteiger partial charge on any atom is -0.290 e. The van der Waals surface area contributed by atoms with E-state index in [4.69, 9.17) is 0 Å². The topological polar surface area (TPSA) is 74.6 Å². The van der Waals surface area contributed by atoms with Crippen LogP contribution in [-0.2, 0) is 0 Å². The fraction of sp³-hybridized carbons (Fsp3) is 0. The molecule has 0 saturated heterocycles. The summed E-state index contributed by atoms with van der Waals surface area (Å²) in [5, 5.41) is 1.28. The van der Waals surface area contributed by atoms with Crippen LogP contribution in [0.5, 0.6) is 0 Å². The van der Waals surface area contributed by atoms with Gasteiger partial charge in [-0.2, -0.15) is 0 Å². The summed E-state index contributed by atoms with van der Waals surface area (Å²) in [4.78, 5) is 28.1. The molecule has 6 heteroatoms. The lowest BCUT2D eigenvalue weighted by molar-refractivity contribution is 0.103. The first kappa shape index (κ1) is 26.8. The number of rotatable bonds is 3. The maximum atomic E-state index is 13.9. The Bertz CT molecular complexity index is 2340. The van der Waals surface area contributed by atoms with Crippen molar-refractivity contribution in [2.24, 2.45) is 0 Å². The minimum atomic E-state index is -3.39. The molecule has 1 aliphatic heterocycles. The van der Waals surface area contributed by atoms with Crippen molar-refractivity contribution < 1.29 is 13.9 Å². The van der Waals surface area contributed by atoms with Crippen molar-refractivity contribution in [3.63, 3.8) is 0 Å². The van der Waals surface area contributed by atoms with Gasteiger partial charge < -0.3 is 0 Å². The van der Waals surface area contributed by atoms with Crippen molar-refractivity contribution in [3.8, 4) is 33.4 Å². The highest BCUT2D eigenvalue weighted by molar-refractivity contribution is 8.24. The maximum Gasteiger partial charge on any atom is 0.196 e. The standard InChI is InChI=1S/C38H24O4S2/c39-37-29-19-25(23-7-3-1-4-8-23)11-15-33(29)43-34-16-12-27(20-30(34)37)28-14-18-36-32(22-28)38(40)31-21-26(24-9-5-2-6-10-24)13-17-35(31)44(36,41)42/h1-22,41-42H. The smallest absolute Gasteiger partial charge is 0.196 e. The SMILES string of the molecule is O=C1c2cc(-c3ccccc3)ccc2S(O)(O)c2ccc(-c3ccc4sc5ccc(-c6ccccc6)cc5c(=O)c4c3)cc21. The zero-order valence-electron chi connectivity index (χ0n) is 23.2. The van der Waals surface area contributed by atoms with Crippen molar-refractivity contribution in [2.75, 3.05) is 0 Å². The summed E-state index contributed by atoms with van der Waals surface area (Å²) in [5.74, 6) is -0.257. The summed E-state index contributed by atoms with van der Waals surface area (Å²) >= 11 is 1.57. The van der Waals surface area contributed by atoms with E-state index < -0.39 is 10.6 Å². The Labute approximate surface area is 258 Å². The monoisotopic (exact) mass is 608 g/mol. The van der Waals surface area contributed by atoms with Crippen LogP contribution in [0.3, 0.4) is 0 Å². The summed E-state index contributed by atoms with van der Waals surface area (Å²) in [6, 6.07) is 41.8. The third-order valence-electron chi connectivity index (χ3n) is 8.28. The fourth-order valence-corrected chi connectivity index (χ4v) is 8.71. The van der Waals surface area contributed by atoms with E-state index in [2.05, 4.69) is 0 Å². The van der Waals surface area contributed by atoms with E-state index in [1.54, 1.807) is 41.7 Å². The van der Waals surface area contributed by atoms with Gasteiger partial charge in [0.15, 0.2) is 11.2 Å². The van der Waals surface area contributed by atoms with E-state index in [1.165, 1.54) is 0 Å². The maximum absolute atomic E-state index is 13.9. The molecule has 1 aromatic heterocycles. The Hall–Kier alpha value is -4.85. The molecule has 2 heterocycles. The quantitative estimate of drug-likeness (QED) is 0.196. The van der Waals surface area contributed by atoms with Gasteiger partial charge in [-0.25, -0.2) is 0 Å². The summed E-state index contributed by atoms with van der Waals surface area (Å²) < 4.78 is 24.5. The number of ketones is 1. The first-order valence-corrected chi connectivity index (χ1v) is 16.5. The summed E-state index contributed by atoms with van der Waals surface area (Å²) in [5.41, 5.74) is 5.81. The first-order valence-electron chi connectivity index (χ1n) is 14.1. The molecule has 0 unspecified atom stereocenters. The predicted octanol–water partition coefficient (Wildman–Crippen LogP) is 10.1. The third-order valence-corrected chi connectivity index (χ3v) is 11.4. The van der Waals surface area contributed by atoms with E-state index in [0.29, 0.717) is 16.3 Å². The van der Waals surface area contributed by atoms with Crippen LogP contribution in [0, 0.1) is 0 Å². The van der Waals surface area contributed by atoms with Crippen LogP contribution in [0.4, 0.5) is 0 Å². The van der Waals surface area contributed by atoms with Gasteiger partial charge in [-0.05, 0) is 81.9 Å². The van der Waals surface area contributed by atoms with Gasteiger partial charge in [0.05, 0.1) is 9.79 Å². The molecule has 0 fully saturated rings. The summed E-state index contributed by atoms with van der Waals surface area (Å²) in [7, 11) is -3.39. The molecular weight excluding hydrogens is 585 g/mol. The van der Waals surface area contributed by atoms with E-state index >= 15 is 0 Å². The van der Waals surface area contributed by atoms with Crippen molar-refractivity contribution in [3.05, 3.63) is 155 Å². The van der Waals surface area contributed by atoms with Gasteiger partial charge in [-0.3, -0.25) is 18.7 Å². The normalized spacial score (nSPS) is 14.3. The Morgan fingerprint density at radius 2 is 0.864 bits per heavy atom. The molecule has 0 saturated carbocycles. The van der Waals surface area contributed by atoms with Gasteiger partial charge in [0, 0.05) is 31.3 Å². The van der Waals surface area contributed by atoms with Crippen LogP contribution in [0.25, 0.3) is 53.6 Å². The second kappa shape index (κ2) is 10.1. The van der Waals surface area contributed by atoms with Crippen LogP contribution in [0.1, 0.15) is 15.9 Å². The van der Waals surface area contributed by atoms with Crippen molar-refractivity contribution >= 4 is 47.9 Å². The summed E-state index contributed by atoms with van der Waals surface area (Å²) in [6.45, 7) is 0. The number of carbonyl (C=O) groups is 1. The van der Waals surface area contributed by atoms with Crippen LogP contribution in [0.15, 0.2) is 148 Å². The highest BCUT2D eigenvalue weighted by Gasteiger charge is 2.35. The highest BCUT2D eigenvalue weighted by Crippen LogP contribution is 2.61. The average molecular weight is 609 g/mol. The number of hydrogen-bond donors (Lipinski definition) is 2. The molecular formula is C38H24O4S2. The van der Waals surface area contributed by atoms with Crippen LogP contribution >= 0.6 is 21.9 Å². The largest absolute Gasteiger partial charge is 0.290 e. The van der Waals surface area contributed by atoms with Crippen molar-refractivity contribution in [1.29, 1.82) is 0 Å². The molecule has 0 atom stereocenters. The van der Waals surface area contributed by atoms with E-state index in [0.717, 1.165) is 42.8 Å². The molecule has 0 amide bonds. The van der Waals surface area contributed by atoms with E-state index in [-0.39, 0.29) is 26.6 Å². The molecule has 0 aliphatic carbocycles. The fourth-order valence-electron chi connectivity index (χ4n) is 6.01. The molecule has 0 radical (unpaired) electrons. The Morgan fingerprint density at radius 3 is 1.36 bits per heavy atom. The number of hydrogen-bond acceptors (Lipinski definition) is 5. The molecule has 4 nitrogen and oxygen atoms in total. The second-order valence-corrected chi connectivity index (χ2v) is 13.9. The van der Waals surface area contributed by atoms with E-state index in [9.17, 15) is 18.7 Å². The second-order valence-electron chi connectivity index (χ2n) is 10.9. The molecule has 44 heavy (non-hydrogen) atoms. The zero-order valence-corrected chi connectivity index (χ0v) is 24.9. The Balaban J connectivity index is 1.23. The first-order chi connectivity index (χ1) is 21.4. The molecule has 7 aromatic rings. The van der Waals surface area contributed by atoms with Gasteiger partial charge in [-0.1, -0.05) is 84.9 Å². The van der Waals surface area contributed by atoms with Crippen molar-refractivity contribution in [1.82, 2.24) is 0 Å². The van der Waals surface area contributed by atoms with Crippen LogP contribution in [0.2, 0.25) is 0 Å². The molecule has 8 rings (SSSR count). The number of fused-ring (bicyclic) bond motifs is 4. The lowest BCUT2D eigenvalue weighted by atomic mass is 9.95. The van der Waals surface area contributed by atoms with Gasteiger partial charge in [0.25, 0.3) is 0 Å². The Kier molecular flexibility index (Phi) is 6.15. The highest BCUT2D eigenvalue weighted by atomic mass is 32.3. The number of benzene rings is 6. The van der Waals surface area contributed by atoms with Gasteiger partial charge in [-0.15, -0.1) is 21.9 Å². The average Bonchev–Trinajstić information content (AvgIpc) is 3.07.